The third-order valence-electron chi connectivity index (χ3n) is 13.4. The molecule has 0 bridgehead atoms. The van der Waals surface area contributed by atoms with Crippen molar-refractivity contribution in [3.05, 3.63) is 82.7 Å². The lowest BCUT2D eigenvalue weighted by atomic mass is 9.81. The fraction of sp³-hybridized carbons (Fsp3) is 0.438. The minimum Gasteiger partial charge on any atom is -0.494 e. The van der Waals surface area contributed by atoms with Gasteiger partial charge in [-0.3, -0.25) is 34.6 Å². The van der Waals surface area contributed by atoms with Gasteiger partial charge in [0.2, 0.25) is 23.7 Å². The van der Waals surface area contributed by atoms with Gasteiger partial charge < -0.3 is 34.5 Å². The maximum absolute atomic E-state index is 13.5. The van der Waals surface area contributed by atoms with Crippen molar-refractivity contribution in [3.8, 4) is 11.5 Å². The van der Waals surface area contributed by atoms with E-state index in [1.54, 1.807) is 39.0 Å². The molecule has 4 fully saturated rings. The highest BCUT2D eigenvalue weighted by molar-refractivity contribution is 9.10. The SMILES string of the molecule is CCc1cc(Nc2ncc(Br)c(Nc3ccc4nccnc4c3P(C)(C)=O)n2)c(OC)cc1N1CCC(N2CCN(C(=O)C3CC(Oc4ccc(C5CCC(=O)NC5=O)cc4)C3)CC2)CC1. The fourth-order valence-corrected chi connectivity index (χ4v) is 11.5. The second-order valence-electron chi connectivity index (χ2n) is 18.0. The Labute approximate surface area is 393 Å². The quantitative estimate of drug-likeness (QED) is 0.0811. The van der Waals surface area contributed by atoms with E-state index in [9.17, 15) is 18.9 Å². The summed E-state index contributed by atoms with van der Waals surface area (Å²) >= 11 is 3.59. The zero-order valence-electron chi connectivity index (χ0n) is 37.8. The van der Waals surface area contributed by atoms with Crippen LogP contribution in [0.25, 0.3) is 11.0 Å². The number of fused-ring (bicyclic) bond motifs is 1. The van der Waals surface area contributed by atoms with Crippen LogP contribution < -0.4 is 35.6 Å². The number of rotatable bonds is 13. The van der Waals surface area contributed by atoms with E-state index in [4.69, 9.17) is 14.5 Å². The number of ether oxygens (including phenoxy) is 2. The number of aryl methyl sites for hydroxylation is 1. The molecule has 5 heterocycles. The number of anilines is 5. The van der Waals surface area contributed by atoms with Crippen LogP contribution in [0.1, 0.15) is 62.5 Å². The van der Waals surface area contributed by atoms with Gasteiger partial charge in [0.15, 0.2) is 0 Å². The smallest absolute Gasteiger partial charge is 0.234 e. The number of nitrogens with zero attached hydrogens (tertiary/aromatic N) is 7. The maximum atomic E-state index is 13.5. The summed E-state index contributed by atoms with van der Waals surface area (Å²) in [7, 11) is -1.11. The van der Waals surface area contributed by atoms with Gasteiger partial charge in [0.25, 0.3) is 0 Å². The lowest BCUT2D eigenvalue weighted by molar-refractivity contribution is -0.143. The Morgan fingerprint density at radius 3 is 2.35 bits per heavy atom. The molecule has 2 aromatic heterocycles. The second kappa shape index (κ2) is 19.3. The average molecular weight is 980 g/mol. The number of piperidine rings is 2. The van der Waals surface area contributed by atoms with Gasteiger partial charge in [-0.2, -0.15) is 4.98 Å². The van der Waals surface area contributed by atoms with Gasteiger partial charge in [0.1, 0.15) is 36.1 Å². The standard InChI is InChI=1S/C48H56BrN10O6P/c1-5-29-26-39(54-48-52-28-36(49)45(56-48)53-38-12-11-37-43(51-17-16-50-37)44(38)66(3,4)63)41(64-2)27-40(29)58-18-14-32(15-19-58)57-20-22-59(23-21-57)47(62)31-24-34(25-31)65-33-8-6-30(7-9-33)35-10-13-42(60)55-46(35)61/h6-9,11-12,16-17,26-28,31-32,34-35H,5,10,13-15,18-25H2,1-4H3,(H,55,60,61)(H2,52,53,54,56). The molecule has 3 saturated heterocycles. The highest BCUT2D eigenvalue weighted by Crippen LogP contribution is 2.42. The number of hydrogen-bond acceptors (Lipinski definition) is 14. The first kappa shape index (κ1) is 45.5. The molecule has 9 rings (SSSR count). The summed E-state index contributed by atoms with van der Waals surface area (Å²) < 4.78 is 26.3. The number of carbonyl (C=O) groups excluding carboxylic acids is 3. The number of nitrogens with one attached hydrogen (secondary N) is 3. The van der Waals surface area contributed by atoms with Crippen LogP contribution >= 0.6 is 23.1 Å². The molecule has 4 aliphatic rings. The van der Waals surface area contributed by atoms with Crippen molar-refractivity contribution in [1.29, 1.82) is 0 Å². The number of piperazine rings is 1. The van der Waals surface area contributed by atoms with Crippen LogP contribution in [-0.2, 0) is 25.4 Å². The van der Waals surface area contributed by atoms with Crippen molar-refractivity contribution in [1.82, 2.24) is 35.1 Å². The number of hydrogen-bond donors (Lipinski definition) is 3. The Bertz CT molecular complexity index is 2680. The van der Waals surface area contributed by atoms with Gasteiger partial charge in [0.05, 0.1) is 39.7 Å². The molecule has 1 aliphatic carbocycles. The van der Waals surface area contributed by atoms with Gasteiger partial charge in [-0.15, -0.1) is 0 Å². The van der Waals surface area contributed by atoms with Crippen molar-refractivity contribution in [3.63, 3.8) is 0 Å². The van der Waals surface area contributed by atoms with Crippen LogP contribution in [0.3, 0.4) is 0 Å². The lowest BCUT2D eigenvalue weighted by Gasteiger charge is -2.45. The number of carbonyl (C=O) groups is 3. The van der Waals surface area contributed by atoms with E-state index in [1.807, 2.05) is 41.3 Å². The molecule has 3 aliphatic heterocycles. The molecule has 3 amide bonds. The summed E-state index contributed by atoms with van der Waals surface area (Å²) in [5.74, 6) is 1.72. The molecular formula is C48H56BrN10O6P. The molecular weight excluding hydrogens is 923 g/mol. The first-order valence-electron chi connectivity index (χ1n) is 22.8. The summed E-state index contributed by atoms with van der Waals surface area (Å²) in [5, 5.41) is 9.80. The molecule has 1 atom stereocenters. The second-order valence-corrected chi connectivity index (χ2v) is 22.0. The van der Waals surface area contributed by atoms with E-state index in [2.05, 4.69) is 75.7 Å². The molecule has 3 N–H and O–H groups in total. The molecule has 1 saturated carbocycles. The molecule has 16 nitrogen and oxygen atoms in total. The van der Waals surface area contributed by atoms with Gasteiger partial charge in [-0.05, 0) is 109 Å². The van der Waals surface area contributed by atoms with E-state index in [0.717, 1.165) is 81.2 Å². The number of imide groups is 1. The molecule has 0 spiro atoms. The molecule has 346 valence electrons. The van der Waals surface area contributed by atoms with Crippen molar-refractivity contribution < 1.29 is 28.4 Å². The van der Waals surface area contributed by atoms with Crippen LogP contribution in [-0.4, -0.2) is 119 Å². The van der Waals surface area contributed by atoms with Crippen LogP contribution in [0.4, 0.5) is 28.8 Å². The largest absolute Gasteiger partial charge is 0.494 e. The zero-order valence-corrected chi connectivity index (χ0v) is 40.2. The third kappa shape index (κ3) is 9.75. The Morgan fingerprint density at radius 1 is 0.909 bits per heavy atom. The predicted molar refractivity (Wildman–Crippen MR) is 259 cm³/mol. The van der Waals surface area contributed by atoms with Crippen molar-refractivity contribution in [2.24, 2.45) is 5.92 Å². The maximum Gasteiger partial charge on any atom is 0.234 e. The Kier molecular flexibility index (Phi) is 13.3. The molecule has 3 aromatic carbocycles. The van der Waals surface area contributed by atoms with E-state index in [1.165, 1.54) is 5.56 Å². The van der Waals surface area contributed by atoms with Crippen LogP contribution in [0, 0.1) is 5.92 Å². The summed E-state index contributed by atoms with van der Waals surface area (Å²) in [6, 6.07) is 16.0. The number of benzene rings is 3. The number of methoxy groups -OCH3 is 1. The van der Waals surface area contributed by atoms with Crippen LogP contribution in [0.15, 0.2) is 71.6 Å². The summed E-state index contributed by atoms with van der Waals surface area (Å²) in [6.45, 7) is 10.7. The van der Waals surface area contributed by atoms with Gasteiger partial charge in [0, 0.05) is 88.0 Å². The molecule has 66 heavy (non-hydrogen) atoms. The average Bonchev–Trinajstić information content (AvgIpc) is 3.30. The highest BCUT2D eigenvalue weighted by Gasteiger charge is 2.40. The Balaban J connectivity index is 0.765. The number of halogens is 1. The number of amides is 3. The minimum absolute atomic E-state index is 0.00262. The fourth-order valence-electron chi connectivity index (χ4n) is 9.77. The monoisotopic (exact) mass is 978 g/mol. The molecule has 5 aromatic rings. The van der Waals surface area contributed by atoms with E-state index < -0.39 is 7.14 Å². The molecule has 0 radical (unpaired) electrons. The van der Waals surface area contributed by atoms with Crippen molar-refractivity contribution in [2.45, 2.75) is 69.9 Å². The van der Waals surface area contributed by atoms with E-state index in [-0.39, 0.29) is 35.7 Å². The third-order valence-corrected chi connectivity index (χ3v) is 15.5. The zero-order chi connectivity index (χ0) is 46.1. The minimum atomic E-state index is -2.78. The van der Waals surface area contributed by atoms with Crippen molar-refractivity contribution >= 4 is 86.0 Å². The van der Waals surface area contributed by atoms with Crippen molar-refractivity contribution in [2.75, 3.05) is 75.2 Å². The summed E-state index contributed by atoms with van der Waals surface area (Å²) in [6.07, 6.45) is 10.1. The van der Waals surface area contributed by atoms with Crippen LogP contribution in [0.5, 0.6) is 11.5 Å². The Morgan fingerprint density at radius 2 is 1.65 bits per heavy atom. The summed E-state index contributed by atoms with van der Waals surface area (Å²) in [4.78, 5) is 62.6. The van der Waals surface area contributed by atoms with Gasteiger partial charge >= 0.3 is 0 Å². The highest BCUT2D eigenvalue weighted by atomic mass is 79.9. The first-order chi connectivity index (χ1) is 31.8. The number of aromatic nitrogens is 4. The first-order valence-corrected chi connectivity index (χ1v) is 26.2. The van der Waals surface area contributed by atoms with Crippen LogP contribution in [0.2, 0.25) is 0 Å². The normalized spacial score (nSPS) is 20.7. The summed E-state index contributed by atoms with van der Waals surface area (Å²) in [5.41, 5.74) is 5.88. The van der Waals surface area contributed by atoms with E-state index in [0.29, 0.717) is 75.7 Å². The van der Waals surface area contributed by atoms with Gasteiger partial charge in [-0.25, -0.2) is 4.98 Å². The molecule has 18 heteroatoms. The van der Waals surface area contributed by atoms with Gasteiger partial charge in [-0.1, -0.05) is 19.1 Å². The molecule has 1 unspecified atom stereocenters. The predicted octanol–water partition coefficient (Wildman–Crippen LogP) is 6.98. The van der Waals surface area contributed by atoms with E-state index >= 15 is 0 Å². The lowest BCUT2D eigenvalue weighted by Crippen LogP contribution is -2.56. The topological polar surface area (TPSA) is 184 Å². The Hall–Kier alpha value is -5.64.